The van der Waals surface area contributed by atoms with E-state index in [-0.39, 0.29) is 5.97 Å². The fourth-order valence-electron chi connectivity index (χ4n) is 2.25. The molecule has 2 nitrogen and oxygen atoms in total. The zero-order valence-corrected chi connectivity index (χ0v) is 11.1. The zero-order chi connectivity index (χ0) is 13.1. The minimum atomic E-state index is -0.229. The number of rotatable bonds is 3. The summed E-state index contributed by atoms with van der Waals surface area (Å²) < 4.78 is 5.23. The normalized spacial score (nSPS) is 10.6. The molecule has 0 amide bonds. The zero-order valence-electron chi connectivity index (χ0n) is 11.1. The molecule has 0 bridgehead atoms. The van der Waals surface area contributed by atoms with E-state index in [9.17, 15) is 4.79 Å². The van der Waals surface area contributed by atoms with Crippen LogP contribution in [0.4, 0.5) is 0 Å². The third-order valence-corrected chi connectivity index (χ3v) is 3.11. The third kappa shape index (κ3) is 2.23. The Morgan fingerprint density at radius 1 is 1.11 bits per heavy atom. The minimum Gasteiger partial charge on any atom is -0.462 e. The molecule has 2 aromatic rings. The molecule has 0 aliphatic heterocycles. The summed E-state index contributed by atoms with van der Waals surface area (Å²) in [7, 11) is 0. The summed E-state index contributed by atoms with van der Waals surface area (Å²) in [6.07, 6.45) is 0.842. The van der Waals surface area contributed by atoms with Gasteiger partial charge in [-0.2, -0.15) is 0 Å². The molecule has 0 aromatic heterocycles. The van der Waals surface area contributed by atoms with E-state index < -0.39 is 0 Å². The smallest absolute Gasteiger partial charge is 0.338 e. The van der Waals surface area contributed by atoms with Gasteiger partial charge in [0.1, 0.15) is 0 Å². The Labute approximate surface area is 108 Å². The van der Waals surface area contributed by atoms with Crippen molar-refractivity contribution in [3.63, 3.8) is 0 Å². The second-order valence-corrected chi connectivity index (χ2v) is 4.56. The van der Waals surface area contributed by atoms with Crippen LogP contribution in [0.5, 0.6) is 0 Å². The third-order valence-electron chi connectivity index (χ3n) is 3.11. The van der Waals surface area contributed by atoms with Crippen molar-refractivity contribution in [3.05, 3.63) is 47.0 Å². The molecule has 0 spiro atoms. The summed E-state index contributed by atoms with van der Waals surface area (Å²) in [5.41, 5.74) is 3.04. The quantitative estimate of drug-likeness (QED) is 0.760. The highest BCUT2D eigenvalue weighted by Gasteiger charge is 2.13. The first-order valence-corrected chi connectivity index (χ1v) is 6.31. The largest absolute Gasteiger partial charge is 0.462 e. The maximum Gasteiger partial charge on any atom is 0.338 e. The summed E-state index contributed by atoms with van der Waals surface area (Å²) in [5, 5.41) is 2.14. The Morgan fingerprint density at radius 2 is 1.83 bits per heavy atom. The number of esters is 1. The van der Waals surface area contributed by atoms with Gasteiger partial charge >= 0.3 is 5.97 Å². The van der Waals surface area contributed by atoms with Gasteiger partial charge in [-0.3, -0.25) is 0 Å². The Hall–Kier alpha value is -1.83. The standard InChI is InChI=1S/C16H18O2/c1-4-10-18-16(17)14-9-8-12(3)15-11(2)6-5-7-13(14)15/h5-9H,4,10H2,1-3H3. The first-order chi connectivity index (χ1) is 8.65. The lowest BCUT2D eigenvalue weighted by Gasteiger charge is -2.10. The van der Waals surface area contributed by atoms with Crippen LogP contribution in [0, 0.1) is 13.8 Å². The second kappa shape index (κ2) is 5.21. The number of benzene rings is 2. The van der Waals surface area contributed by atoms with Gasteiger partial charge in [-0.25, -0.2) is 4.79 Å². The van der Waals surface area contributed by atoms with Crippen molar-refractivity contribution in [3.8, 4) is 0 Å². The molecular weight excluding hydrogens is 224 g/mol. The van der Waals surface area contributed by atoms with E-state index in [4.69, 9.17) is 4.74 Å². The van der Waals surface area contributed by atoms with Crippen LogP contribution in [0.25, 0.3) is 10.8 Å². The number of fused-ring (bicyclic) bond motifs is 1. The topological polar surface area (TPSA) is 26.3 Å². The Kier molecular flexibility index (Phi) is 3.66. The molecule has 0 unspecified atom stereocenters. The fraction of sp³-hybridized carbons (Fsp3) is 0.312. The number of carbonyl (C=O) groups excluding carboxylic acids is 1. The molecule has 0 aliphatic rings. The van der Waals surface area contributed by atoms with E-state index in [2.05, 4.69) is 19.9 Å². The highest BCUT2D eigenvalue weighted by atomic mass is 16.5. The SMILES string of the molecule is CCCOC(=O)c1ccc(C)c2c(C)cccc12. The summed E-state index contributed by atoms with van der Waals surface area (Å²) in [6.45, 7) is 6.59. The average Bonchev–Trinajstić information content (AvgIpc) is 2.36. The molecule has 0 saturated heterocycles. The van der Waals surface area contributed by atoms with E-state index in [1.54, 1.807) is 0 Å². The molecule has 0 radical (unpaired) electrons. The van der Waals surface area contributed by atoms with Crippen LogP contribution in [0.2, 0.25) is 0 Å². The van der Waals surface area contributed by atoms with Crippen molar-refractivity contribution >= 4 is 16.7 Å². The van der Waals surface area contributed by atoms with Gasteiger partial charge < -0.3 is 4.74 Å². The molecule has 94 valence electrons. The van der Waals surface area contributed by atoms with Gasteiger partial charge in [0, 0.05) is 0 Å². The highest BCUT2D eigenvalue weighted by Crippen LogP contribution is 2.26. The molecule has 2 heteroatoms. The van der Waals surface area contributed by atoms with Crippen LogP contribution in [0.15, 0.2) is 30.3 Å². The molecule has 0 saturated carbocycles. The molecule has 0 fully saturated rings. The van der Waals surface area contributed by atoms with Crippen molar-refractivity contribution in [2.24, 2.45) is 0 Å². The Morgan fingerprint density at radius 3 is 2.56 bits per heavy atom. The van der Waals surface area contributed by atoms with Crippen molar-refractivity contribution in [2.45, 2.75) is 27.2 Å². The highest BCUT2D eigenvalue weighted by molar-refractivity contribution is 6.06. The van der Waals surface area contributed by atoms with E-state index in [1.165, 1.54) is 11.1 Å². The van der Waals surface area contributed by atoms with Gasteiger partial charge in [0.2, 0.25) is 0 Å². The van der Waals surface area contributed by atoms with Gasteiger partial charge in [-0.1, -0.05) is 31.2 Å². The number of aryl methyl sites for hydroxylation is 2. The fourth-order valence-corrected chi connectivity index (χ4v) is 2.25. The van der Waals surface area contributed by atoms with Gasteiger partial charge in [0.05, 0.1) is 12.2 Å². The number of carbonyl (C=O) groups is 1. The molecule has 0 N–H and O–H groups in total. The van der Waals surface area contributed by atoms with Gasteiger partial charge in [-0.15, -0.1) is 0 Å². The first-order valence-electron chi connectivity index (χ1n) is 6.31. The van der Waals surface area contributed by atoms with Crippen molar-refractivity contribution in [2.75, 3.05) is 6.61 Å². The summed E-state index contributed by atoms with van der Waals surface area (Å²) in [6, 6.07) is 9.87. The molecule has 18 heavy (non-hydrogen) atoms. The predicted octanol–water partition coefficient (Wildman–Crippen LogP) is 4.02. The summed E-state index contributed by atoms with van der Waals surface area (Å²) in [5.74, 6) is -0.229. The number of hydrogen-bond donors (Lipinski definition) is 0. The van der Waals surface area contributed by atoms with Crippen molar-refractivity contribution < 1.29 is 9.53 Å². The lowest BCUT2D eigenvalue weighted by Crippen LogP contribution is -2.07. The maximum atomic E-state index is 12.0. The number of hydrogen-bond acceptors (Lipinski definition) is 2. The van der Waals surface area contributed by atoms with E-state index >= 15 is 0 Å². The molecule has 2 rings (SSSR count). The monoisotopic (exact) mass is 242 g/mol. The van der Waals surface area contributed by atoms with E-state index in [1.807, 2.05) is 31.2 Å². The van der Waals surface area contributed by atoms with Gasteiger partial charge in [0.15, 0.2) is 0 Å². The van der Waals surface area contributed by atoms with Crippen molar-refractivity contribution in [1.29, 1.82) is 0 Å². The molecular formula is C16H18O2. The molecule has 0 heterocycles. The Bertz CT molecular complexity index is 577. The Balaban J connectivity index is 2.56. The lowest BCUT2D eigenvalue weighted by atomic mass is 9.97. The van der Waals surface area contributed by atoms with Crippen LogP contribution in [-0.4, -0.2) is 12.6 Å². The van der Waals surface area contributed by atoms with Crippen LogP contribution >= 0.6 is 0 Å². The first kappa shape index (κ1) is 12.6. The average molecular weight is 242 g/mol. The van der Waals surface area contributed by atoms with E-state index in [0.717, 1.165) is 17.2 Å². The summed E-state index contributed by atoms with van der Waals surface area (Å²) >= 11 is 0. The van der Waals surface area contributed by atoms with E-state index in [0.29, 0.717) is 12.2 Å². The lowest BCUT2D eigenvalue weighted by molar-refractivity contribution is 0.0507. The predicted molar refractivity (Wildman–Crippen MR) is 74.0 cm³/mol. The van der Waals surface area contributed by atoms with Crippen LogP contribution in [0.3, 0.4) is 0 Å². The van der Waals surface area contributed by atoms with Crippen LogP contribution in [0.1, 0.15) is 34.8 Å². The summed E-state index contributed by atoms with van der Waals surface area (Å²) in [4.78, 5) is 12.0. The van der Waals surface area contributed by atoms with Gasteiger partial charge in [0.25, 0.3) is 0 Å². The maximum absolute atomic E-state index is 12.0. The molecule has 2 aromatic carbocycles. The second-order valence-electron chi connectivity index (χ2n) is 4.56. The van der Waals surface area contributed by atoms with Crippen LogP contribution < -0.4 is 0 Å². The minimum absolute atomic E-state index is 0.229. The van der Waals surface area contributed by atoms with Crippen molar-refractivity contribution in [1.82, 2.24) is 0 Å². The molecule has 0 aliphatic carbocycles. The molecule has 0 atom stereocenters. The number of ether oxygens (including phenoxy) is 1. The van der Waals surface area contributed by atoms with Gasteiger partial charge in [-0.05, 0) is 48.2 Å². The van der Waals surface area contributed by atoms with Crippen LogP contribution in [-0.2, 0) is 4.74 Å².